The molecule has 0 aliphatic carbocycles. The van der Waals surface area contributed by atoms with E-state index in [1.165, 1.54) is 0 Å². The Bertz CT molecular complexity index is 606. The van der Waals surface area contributed by atoms with Gasteiger partial charge in [0.05, 0.1) is 5.75 Å². The summed E-state index contributed by atoms with van der Waals surface area (Å²) in [5.74, 6) is 0.634. The maximum Gasteiger partial charge on any atom is 0.233 e. The highest BCUT2D eigenvalue weighted by atomic mass is 35.5. The number of halogens is 1. The highest BCUT2D eigenvalue weighted by Gasteiger charge is 2.34. The number of benzene rings is 1. The van der Waals surface area contributed by atoms with Crippen LogP contribution >= 0.6 is 23.4 Å². The number of rotatable bonds is 6. The van der Waals surface area contributed by atoms with Crippen molar-refractivity contribution in [3.8, 4) is 0 Å². The van der Waals surface area contributed by atoms with E-state index in [0.717, 1.165) is 5.56 Å². The molecule has 2 amide bonds. The first-order chi connectivity index (χ1) is 11.3. The topological polar surface area (TPSA) is 40.6 Å². The molecule has 6 heteroatoms. The lowest BCUT2D eigenvalue weighted by atomic mass is 10.1. The fraction of sp³-hybridized carbons (Fsp3) is 0.556. The van der Waals surface area contributed by atoms with Gasteiger partial charge < -0.3 is 9.80 Å². The minimum absolute atomic E-state index is 0.0459. The van der Waals surface area contributed by atoms with E-state index in [0.29, 0.717) is 23.9 Å². The molecule has 0 aromatic heterocycles. The Morgan fingerprint density at radius 2 is 2.00 bits per heavy atom. The van der Waals surface area contributed by atoms with Gasteiger partial charge in [-0.15, -0.1) is 11.8 Å². The number of carbonyl (C=O) groups is 2. The van der Waals surface area contributed by atoms with E-state index in [9.17, 15) is 9.59 Å². The average Bonchev–Trinajstić information content (AvgIpc) is 2.88. The van der Waals surface area contributed by atoms with Crippen molar-refractivity contribution in [2.75, 3.05) is 18.8 Å². The summed E-state index contributed by atoms with van der Waals surface area (Å²) >= 11 is 7.90. The molecule has 2 rings (SSSR count). The summed E-state index contributed by atoms with van der Waals surface area (Å²) in [6.45, 7) is 8.89. The first-order valence-corrected chi connectivity index (χ1v) is 9.71. The van der Waals surface area contributed by atoms with Crippen molar-refractivity contribution in [3.05, 3.63) is 34.9 Å². The van der Waals surface area contributed by atoms with Crippen LogP contribution in [0.25, 0.3) is 0 Å². The number of nitrogens with zero attached hydrogens (tertiary/aromatic N) is 2. The number of carbonyl (C=O) groups excluding carboxylic acids is 2. The van der Waals surface area contributed by atoms with Crippen LogP contribution < -0.4 is 0 Å². The van der Waals surface area contributed by atoms with Crippen molar-refractivity contribution in [2.45, 2.75) is 39.1 Å². The maximum atomic E-state index is 12.4. The molecule has 1 aromatic carbocycles. The molecule has 0 N–H and O–H groups in total. The average molecular weight is 369 g/mol. The second kappa shape index (κ2) is 8.26. The predicted octanol–water partition coefficient (Wildman–Crippen LogP) is 3.81. The van der Waals surface area contributed by atoms with Gasteiger partial charge in [0.1, 0.15) is 5.37 Å². The van der Waals surface area contributed by atoms with Crippen molar-refractivity contribution in [1.82, 2.24) is 9.80 Å². The van der Waals surface area contributed by atoms with E-state index in [4.69, 9.17) is 11.6 Å². The minimum atomic E-state index is -0.0747. The Labute approximate surface area is 153 Å². The lowest BCUT2D eigenvalue weighted by molar-refractivity contribution is -0.138. The Balaban J connectivity index is 2.12. The van der Waals surface area contributed by atoms with E-state index in [1.54, 1.807) is 11.8 Å². The van der Waals surface area contributed by atoms with Crippen LogP contribution in [0.5, 0.6) is 0 Å². The third-order valence-electron chi connectivity index (χ3n) is 4.12. The minimum Gasteiger partial charge on any atom is -0.338 e. The van der Waals surface area contributed by atoms with Crippen LogP contribution in [0.1, 0.15) is 38.6 Å². The molecule has 1 aliphatic rings. The summed E-state index contributed by atoms with van der Waals surface area (Å²) in [5, 5.41) is 0.600. The molecule has 0 radical (unpaired) electrons. The fourth-order valence-electron chi connectivity index (χ4n) is 2.80. The molecule has 0 bridgehead atoms. The molecular weight excluding hydrogens is 344 g/mol. The Hall–Kier alpha value is -1.20. The number of amides is 2. The van der Waals surface area contributed by atoms with Gasteiger partial charge in [0.2, 0.25) is 11.8 Å². The van der Waals surface area contributed by atoms with Gasteiger partial charge >= 0.3 is 0 Å². The molecule has 132 valence electrons. The van der Waals surface area contributed by atoms with Gasteiger partial charge in [0, 0.05) is 35.6 Å². The molecule has 1 saturated heterocycles. The Kier molecular flexibility index (Phi) is 6.58. The highest BCUT2D eigenvalue weighted by Crippen LogP contribution is 2.41. The highest BCUT2D eigenvalue weighted by molar-refractivity contribution is 8.00. The molecule has 1 fully saturated rings. The van der Waals surface area contributed by atoms with Crippen LogP contribution in [-0.2, 0) is 9.59 Å². The lowest BCUT2D eigenvalue weighted by Crippen LogP contribution is -2.45. The maximum absolute atomic E-state index is 12.4. The molecular formula is C18H25ClN2O2S. The molecule has 1 heterocycles. The summed E-state index contributed by atoms with van der Waals surface area (Å²) < 4.78 is 0. The molecule has 1 aliphatic heterocycles. The summed E-state index contributed by atoms with van der Waals surface area (Å²) in [4.78, 5) is 28.4. The van der Waals surface area contributed by atoms with Gasteiger partial charge in [-0.2, -0.15) is 0 Å². The third kappa shape index (κ3) is 4.25. The Morgan fingerprint density at radius 3 is 2.58 bits per heavy atom. The number of hydrogen-bond acceptors (Lipinski definition) is 3. The van der Waals surface area contributed by atoms with Gasteiger partial charge in [-0.25, -0.2) is 0 Å². The van der Waals surface area contributed by atoms with E-state index >= 15 is 0 Å². The van der Waals surface area contributed by atoms with Crippen molar-refractivity contribution in [2.24, 2.45) is 5.92 Å². The number of hydrogen-bond donors (Lipinski definition) is 0. The molecule has 24 heavy (non-hydrogen) atoms. The molecule has 0 saturated carbocycles. The zero-order chi connectivity index (χ0) is 17.9. The van der Waals surface area contributed by atoms with Gasteiger partial charge in [-0.1, -0.05) is 43.6 Å². The summed E-state index contributed by atoms with van der Waals surface area (Å²) in [5.41, 5.74) is 0.960. The van der Waals surface area contributed by atoms with Crippen LogP contribution in [0.2, 0.25) is 5.02 Å². The standard InChI is InChI=1S/C18H25ClN2O2S/c1-12(2)17(23)20(13(3)4)9-10-21-16(22)11-24-18(21)14-7-5-6-8-15(14)19/h5-8,12-13,18H,9-11H2,1-4H3/t18-/m1/s1. The first-order valence-electron chi connectivity index (χ1n) is 8.29. The smallest absolute Gasteiger partial charge is 0.233 e. The van der Waals surface area contributed by atoms with E-state index in [1.807, 2.05) is 61.8 Å². The first kappa shape index (κ1) is 19.1. The van der Waals surface area contributed by atoms with E-state index in [-0.39, 0.29) is 29.1 Å². The second-order valence-electron chi connectivity index (χ2n) is 6.55. The largest absolute Gasteiger partial charge is 0.338 e. The van der Waals surface area contributed by atoms with Crippen molar-refractivity contribution >= 4 is 35.2 Å². The van der Waals surface area contributed by atoms with Crippen molar-refractivity contribution < 1.29 is 9.59 Å². The van der Waals surface area contributed by atoms with Gasteiger partial charge in [0.15, 0.2) is 0 Å². The summed E-state index contributed by atoms with van der Waals surface area (Å²) in [6.07, 6.45) is 0. The Morgan fingerprint density at radius 1 is 1.33 bits per heavy atom. The summed E-state index contributed by atoms with van der Waals surface area (Å²) in [7, 11) is 0. The van der Waals surface area contributed by atoms with Gasteiger partial charge in [-0.05, 0) is 19.9 Å². The van der Waals surface area contributed by atoms with E-state index in [2.05, 4.69) is 0 Å². The van der Waals surface area contributed by atoms with Crippen LogP contribution in [0, 0.1) is 5.92 Å². The molecule has 0 unspecified atom stereocenters. The van der Waals surface area contributed by atoms with Crippen LogP contribution in [0.3, 0.4) is 0 Å². The second-order valence-corrected chi connectivity index (χ2v) is 8.03. The van der Waals surface area contributed by atoms with Gasteiger partial charge in [-0.3, -0.25) is 9.59 Å². The zero-order valence-electron chi connectivity index (χ0n) is 14.7. The van der Waals surface area contributed by atoms with Gasteiger partial charge in [0.25, 0.3) is 0 Å². The van der Waals surface area contributed by atoms with E-state index < -0.39 is 0 Å². The molecule has 1 atom stereocenters. The van der Waals surface area contributed by atoms with Crippen LogP contribution in [0.15, 0.2) is 24.3 Å². The normalized spacial score (nSPS) is 17.9. The quantitative estimate of drug-likeness (QED) is 0.766. The van der Waals surface area contributed by atoms with Crippen molar-refractivity contribution in [3.63, 3.8) is 0 Å². The zero-order valence-corrected chi connectivity index (χ0v) is 16.2. The van der Waals surface area contributed by atoms with Crippen LogP contribution in [-0.4, -0.2) is 46.5 Å². The SMILES string of the molecule is CC(C)C(=O)N(CCN1C(=O)CS[C@@H]1c1ccccc1Cl)C(C)C. The monoisotopic (exact) mass is 368 g/mol. The fourth-order valence-corrected chi connectivity index (χ4v) is 4.36. The predicted molar refractivity (Wildman–Crippen MR) is 100 cm³/mol. The number of thioether (sulfide) groups is 1. The third-order valence-corrected chi connectivity index (χ3v) is 5.70. The molecule has 4 nitrogen and oxygen atoms in total. The van der Waals surface area contributed by atoms with Crippen LogP contribution in [0.4, 0.5) is 0 Å². The summed E-state index contributed by atoms with van der Waals surface area (Å²) in [6, 6.07) is 7.75. The molecule has 0 spiro atoms. The lowest BCUT2D eigenvalue weighted by Gasteiger charge is -2.32. The van der Waals surface area contributed by atoms with Crippen molar-refractivity contribution in [1.29, 1.82) is 0 Å². The molecule has 1 aromatic rings.